The second-order valence-corrected chi connectivity index (χ2v) is 10.7. The third-order valence-electron chi connectivity index (χ3n) is 8.63. The lowest BCUT2D eigenvalue weighted by Crippen LogP contribution is -2.44. The van der Waals surface area contributed by atoms with Crippen molar-refractivity contribution < 1.29 is 13.9 Å². The highest BCUT2D eigenvalue weighted by Gasteiger charge is 2.51. The van der Waals surface area contributed by atoms with Gasteiger partial charge in [0.15, 0.2) is 0 Å². The average molecular weight is 412 g/mol. The molecule has 1 aromatic rings. The van der Waals surface area contributed by atoms with Gasteiger partial charge in [0.1, 0.15) is 11.9 Å². The number of hydrogen-bond acceptors (Lipinski definition) is 4. The molecule has 3 fully saturated rings. The summed E-state index contributed by atoms with van der Waals surface area (Å²) in [5.74, 6) is 2.54. The van der Waals surface area contributed by atoms with Crippen LogP contribution in [0.1, 0.15) is 71.0 Å². The predicted molar refractivity (Wildman–Crippen MR) is 117 cm³/mol. The number of hydrogen-bond donors (Lipinski definition) is 1. The Hall–Kier alpha value is -1.55. The van der Waals surface area contributed by atoms with Crippen molar-refractivity contribution in [3.8, 4) is 0 Å². The molecule has 4 nitrogen and oxygen atoms in total. The third kappa shape index (κ3) is 3.77. The second-order valence-electron chi connectivity index (χ2n) is 10.7. The molecule has 1 N–H and O–H groups in total. The molecule has 5 rings (SSSR count). The van der Waals surface area contributed by atoms with Crippen molar-refractivity contribution >= 4 is 5.97 Å². The van der Waals surface area contributed by atoms with Crippen LogP contribution in [0.25, 0.3) is 0 Å². The van der Waals surface area contributed by atoms with E-state index in [2.05, 4.69) is 31.3 Å². The number of fused-ring (bicyclic) bond motifs is 2. The molecule has 7 atom stereocenters. The van der Waals surface area contributed by atoms with Gasteiger partial charge in [-0.3, -0.25) is 4.79 Å². The molecule has 1 saturated heterocycles. The van der Waals surface area contributed by atoms with Gasteiger partial charge >= 0.3 is 5.97 Å². The Bertz CT molecular complexity index is 784. The summed E-state index contributed by atoms with van der Waals surface area (Å²) < 4.78 is 11.6. The van der Waals surface area contributed by atoms with Gasteiger partial charge in [-0.2, -0.15) is 0 Å². The molecule has 0 unspecified atom stereocenters. The average Bonchev–Trinajstić information content (AvgIpc) is 3.33. The fraction of sp³-hybridized carbons (Fsp3) is 0.731. The van der Waals surface area contributed by atoms with E-state index in [-0.39, 0.29) is 29.3 Å². The molecule has 0 amide bonds. The summed E-state index contributed by atoms with van der Waals surface area (Å²) in [6, 6.07) is 4.53. The number of allylic oxidation sites excluding steroid dienone is 1. The first-order valence-electron chi connectivity index (χ1n) is 12.2. The van der Waals surface area contributed by atoms with Gasteiger partial charge in [-0.1, -0.05) is 44.8 Å². The summed E-state index contributed by atoms with van der Waals surface area (Å²) in [5.41, 5.74) is 1.84. The Morgan fingerprint density at radius 3 is 2.90 bits per heavy atom. The molecule has 2 saturated carbocycles. The van der Waals surface area contributed by atoms with Gasteiger partial charge < -0.3 is 14.5 Å². The summed E-state index contributed by atoms with van der Waals surface area (Å²) in [6.45, 7) is 5.51. The molecule has 1 aliphatic heterocycles. The maximum Gasteiger partial charge on any atom is 0.311 e. The van der Waals surface area contributed by atoms with Gasteiger partial charge in [-0.25, -0.2) is 0 Å². The standard InChI is InChI=1S/C26H37NO3/c1-17-7-5-11-26(2)15-24-20(14-22(17)26)21(25(28)30-24)16-27-23-10-4-3-8-18(23)13-19-9-6-12-29-19/h6,9,12,14,17-18,20-21,23-24,27H,3-5,7-8,10-11,13,15-16H2,1-2H3/t17-,18+,20+,21-,23+,24+,26+/m0/s1. The number of furan rings is 1. The lowest BCUT2D eigenvalue weighted by atomic mass is 9.59. The highest BCUT2D eigenvalue weighted by atomic mass is 16.6. The van der Waals surface area contributed by atoms with E-state index >= 15 is 0 Å². The first-order valence-corrected chi connectivity index (χ1v) is 12.2. The van der Waals surface area contributed by atoms with Crippen LogP contribution >= 0.6 is 0 Å². The van der Waals surface area contributed by atoms with Crippen LogP contribution in [0.2, 0.25) is 0 Å². The first kappa shape index (κ1) is 20.4. The summed E-state index contributed by atoms with van der Waals surface area (Å²) in [6.07, 6.45) is 15.1. The monoisotopic (exact) mass is 411 g/mol. The Morgan fingerprint density at radius 2 is 2.07 bits per heavy atom. The molecule has 2 heterocycles. The van der Waals surface area contributed by atoms with Crippen LogP contribution in [0.3, 0.4) is 0 Å². The Morgan fingerprint density at radius 1 is 1.20 bits per heavy atom. The van der Waals surface area contributed by atoms with Gasteiger partial charge in [0.2, 0.25) is 0 Å². The minimum absolute atomic E-state index is 0.0163. The maximum atomic E-state index is 12.8. The summed E-state index contributed by atoms with van der Waals surface area (Å²) >= 11 is 0. The largest absolute Gasteiger partial charge is 0.469 e. The van der Waals surface area contributed by atoms with Crippen molar-refractivity contribution in [3.05, 3.63) is 35.8 Å². The van der Waals surface area contributed by atoms with Crippen LogP contribution in [0.5, 0.6) is 0 Å². The molecular weight excluding hydrogens is 374 g/mol. The van der Waals surface area contributed by atoms with Crippen molar-refractivity contribution in [2.75, 3.05) is 6.54 Å². The quantitative estimate of drug-likeness (QED) is 0.529. The summed E-state index contributed by atoms with van der Waals surface area (Å²) in [5, 5.41) is 3.81. The van der Waals surface area contributed by atoms with Crippen molar-refractivity contribution in [2.24, 2.45) is 29.1 Å². The second kappa shape index (κ2) is 8.18. The normalized spacial score (nSPS) is 41.0. The van der Waals surface area contributed by atoms with Gasteiger partial charge in [-0.05, 0) is 61.5 Å². The molecule has 0 bridgehead atoms. The molecule has 4 heteroatoms. The Labute approximate surface area is 180 Å². The van der Waals surface area contributed by atoms with Crippen LogP contribution in [0.4, 0.5) is 0 Å². The topological polar surface area (TPSA) is 51.5 Å². The van der Waals surface area contributed by atoms with Gasteiger partial charge in [-0.15, -0.1) is 0 Å². The fourth-order valence-electron chi connectivity index (χ4n) is 6.97. The molecule has 4 aliphatic rings. The molecule has 0 radical (unpaired) electrons. The smallest absolute Gasteiger partial charge is 0.311 e. The number of nitrogens with one attached hydrogen (secondary N) is 1. The zero-order valence-electron chi connectivity index (χ0n) is 18.6. The minimum Gasteiger partial charge on any atom is -0.469 e. The summed E-state index contributed by atoms with van der Waals surface area (Å²) in [7, 11) is 0. The van der Waals surface area contributed by atoms with E-state index in [4.69, 9.17) is 9.15 Å². The molecule has 3 aliphatic carbocycles. The first-order chi connectivity index (χ1) is 14.5. The van der Waals surface area contributed by atoms with E-state index in [9.17, 15) is 4.79 Å². The van der Waals surface area contributed by atoms with Gasteiger partial charge in [0, 0.05) is 24.9 Å². The SMILES string of the molecule is C[C@H]1CCC[C@]2(C)C[C@H]3OC(=O)[C@@H](CN[C@@H]4CCCC[C@@H]4Cc4ccco4)[C@H]3C=C12. The van der Waals surface area contributed by atoms with E-state index < -0.39 is 0 Å². The highest BCUT2D eigenvalue weighted by Crippen LogP contribution is 2.53. The number of carbonyl (C=O) groups excluding carboxylic acids is 1. The Kier molecular flexibility index (Phi) is 5.55. The molecular formula is C26H37NO3. The zero-order chi connectivity index (χ0) is 20.7. The predicted octanol–water partition coefficient (Wildman–Crippen LogP) is 5.28. The number of rotatable bonds is 5. The van der Waals surface area contributed by atoms with Crippen LogP contribution in [-0.2, 0) is 16.0 Å². The molecule has 164 valence electrons. The highest BCUT2D eigenvalue weighted by molar-refractivity contribution is 5.76. The van der Waals surface area contributed by atoms with Gasteiger partial charge in [0.05, 0.1) is 12.2 Å². The van der Waals surface area contributed by atoms with E-state index in [1.165, 1.54) is 44.9 Å². The number of ether oxygens (including phenoxy) is 1. The van der Waals surface area contributed by atoms with Gasteiger partial charge in [0.25, 0.3) is 0 Å². The number of esters is 1. The van der Waals surface area contributed by atoms with E-state index in [1.54, 1.807) is 11.8 Å². The third-order valence-corrected chi connectivity index (χ3v) is 8.63. The lowest BCUT2D eigenvalue weighted by Gasteiger charge is -2.46. The molecule has 0 aromatic carbocycles. The van der Waals surface area contributed by atoms with Crippen LogP contribution in [0.15, 0.2) is 34.5 Å². The van der Waals surface area contributed by atoms with Crippen molar-refractivity contribution in [1.82, 2.24) is 5.32 Å². The van der Waals surface area contributed by atoms with E-state index in [0.29, 0.717) is 17.9 Å². The van der Waals surface area contributed by atoms with Crippen LogP contribution in [-0.4, -0.2) is 24.7 Å². The molecule has 30 heavy (non-hydrogen) atoms. The fourth-order valence-corrected chi connectivity index (χ4v) is 6.97. The van der Waals surface area contributed by atoms with E-state index in [1.807, 2.05) is 6.07 Å². The summed E-state index contributed by atoms with van der Waals surface area (Å²) in [4.78, 5) is 12.8. The van der Waals surface area contributed by atoms with Crippen molar-refractivity contribution in [2.45, 2.75) is 83.8 Å². The Balaban J connectivity index is 1.28. The number of carbonyl (C=O) groups is 1. The molecule has 0 spiro atoms. The van der Waals surface area contributed by atoms with Crippen LogP contribution in [0, 0.1) is 29.1 Å². The van der Waals surface area contributed by atoms with E-state index in [0.717, 1.165) is 25.1 Å². The minimum atomic E-state index is -0.0348. The lowest BCUT2D eigenvalue weighted by molar-refractivity contribution is -0.145. The zero-order valence-corrected chi connectivity index (χ0v) is 18.6. The molecule has 1 aromatic heterocycles. The van der Waals surface area contributed by atoms with Crippen molar-refractivity contribution in [1.29, 1.82) is 0 Å². The van der Waals surface area contributed by atoms with Crippen LogP contribution < -0.4 is 5.32 Å². The maximum absolute atomic E-state index is 12.8. The van der Waals surface area contributed by atoms with Crippen molar-refractivity contribution in [3.63, 3.8) is 0 Å².